The number of aliphatic hydroxyl groups is 1. The van der Waals surface area contributed by atoms with Crippen LogP contribution in [-0.4, -0.2) is 21.0 Å². The van der Waals surface area contributed by atoms with Crippen molar-refractivity contribution in [2.45, 2.75) is 17.4 Å². The molecule has 2 amide bonds. The van der Waals surface area contributed by atoms with Gasteiger partial charge >= 0.3 is 0 Å². The average Bonchev–Trinajstić information content (AvgIpc) is 2.51. The van der Waals surface area contributed by atoms with Gasteiger partial charge in [-0.25, -0.2) is 0 Å². The number of thioether (sulfide) groups is 1. The molecule has 3 rings (SSSR count). The quantitative estimate of drug-likeness (QED) is 0.642. The van der Waals surface area contributed by atoms with Crippen molar-refractivity contribution in [3.8, 4) is 0 Å². The van der Waals surface area contributed by atoms with Crippen molar-refractivity contribution in [3.05, 3.63) is 29.8 Å². The summed E-state index contributed by atoms with van der Waals surface area (Å²) in [6.07, 6.45) is 0. The van der Waals surface area contributed by atoms with Crippen molar-refractivity contribution >= 4 is 28.6 Å². The normalized spacial score (nSPS) is 34.7. The fourth-order valence-corrected chi connectivity index (χ4v) is 3.26. The van der Waals surface area contributed by atoms with Crippen LogP contribution in [0.2, 0.25) is 0 Å². The molecule has 1 fully saturated rings. The molecule has 88 valence electrons. The highest BCUT2D eigenvalue weighted by Crippen LogP contribution is 2.51. The summed E-state index contributed by atoms with van der Waals surface area (Å²) in [7, 11) is 0. The van der Waals surface area contributed by atoms with E-state index in [4.69, 9.17) is 0 Å². The summed E-state index contributed by atoms with van der Waals surface area (Å²) in [5, 5.41) is 15.4. The Labute approximate surface area is 102 Å². The number of rotatable bonds is 0. The molecule has 1 aromatic carbocycles. The van der Waals surface area contributed by atoms with Gasteiger partial charge in [0, 0.05) is 11.3 Å². The lowest BCUT2D eigenvalue weighted by molar-refractivity contribution is -0.127. The highest BCUT2D eigenvalue weighted by molar-refractivity contribution is 8.15. The first kappa shape index (κ1) is 10.6. The van der Waals surface area contributed by atoms with Crippen molar-refractivity contribution in [3.63, 3.8) is 0 Å². The molecule has 6 heteroatoms. The number of carbonyl (C=O) groups is 2. The Morgan fingerprint density at radius 2 is 2.00 bits per heavy atom. The van der Waals surface area contributed by atoms with E-state index >= 15 is 0 Å². The predicted octanol–water partition coefficient (Wildman–Crippen LogP) is 0.999. The molecule has 0 bridgehead atoms. The molecule has 0 saturated carbocycles. The summed E-state index contributed by atoms with van der Waals surface area (Å²) in [5.41, 5.74) is -0.603. The number of amides is 2. The van der Waals surface area contributed by atoms with E-state index in [2.05, 4.69) is 10.6 Å². The molecule has 1 aromatic rings. The average molecular weight is 250 g/mol. The lowest BCUT2D eigenvalue weighted by Crippen LogP contribution is -2.60. The maximum absolute atomic E-state index is 12.0. The van der Waals surface area contributed by atoms with Crippen LogP contribution >= 0.6 is 11.8 Å². The van der Waals surface area contributed by atoms with E-state index < -0.39 is 15.7 Å². The molecule has 2 heterocycles. The van der Waals surface area contributed by atoms with E-state index in [0.29, 0.717) is 11.3 Å². The number of hydrogen-bond acceptors (Lipinski definition) is 4. The molecule has 2 aliphatic heterocycles. The van der Waals surface area contributed by atoms with Crippen molar-refractivity contribution in [2.75, 3.05) is 5.32 Å². The summed E-state index contributed by atoms with van der Waals surface area (Å²) >= 11 is 0.810. The molecule has 2 unspecified atom stereocenters. The first-order valence-corrected chi connectivity index (χ1v) is 5.93. The zero-order chi connectivity index (χ0) is 12.3. The third-order valence-electron chi connectivity index (χ3n) is 3.27. The minimum atomic E-state index is -1.65. The maximum Gasteiger partial charge on any atom is 0.282 e. The van der Waals surface area contributed by atoms with Crippen LogP contribution in [0, 0.1) is 0 Å². The zero-order valence-corrected chi connectivity index (χ0v) is 9.80. The predicted molar refractivity (Wildman–Crippen MR) is 63.5 cm³/mol. The molecule has 1 saturated heterocycles. The molecule has 0 aromatic heterocycles. The van der Waals surface area contributed by atoms with Gasteiger partial charge in [0.2, 0.25) is 5.91 Å². The van der Waals surface area contributed by atoms with Gasteiger partial charge in [-0.2, -0.15) is 0 Å². The number of benzene rings is 1. The molecule has 2 atom stereocenters. The smallest absolute Gasteiger partial charge is 0.282 e. The summed E-state index contributed by atoms with van der Waals surface area (Å²) in [5.74, 6) is -0.373. The Hall–Kier alpha value is -1.53. The second-order valence-electron chi connectivity index (χ2n) is 4.26. The Morgan fingerprint density at radius 1 is 1.29 bits per heavy atom. The number of fused-ring (bicyclic) bond motifs is 3. The third kappa shape index (κ3) is 1.14. The molecule has 5 nitrogen and oxygen atoms in total. The van der Waals surface area contributed by atoms with Gasteiger partial charge in [0.15, 0.2) is 10.5 Å². The highest BCUT2D eigenvalue weighted by atomic mass is 32.2. The van der Waals surface area contributed by atoms with Gasteiger partial charge in [-0.15, -0.1) is 0 Å². The highest BCUT2D eigenvalue weighted by Gasteiger charge is 2.64. The van der Waals surface area contributed by atoms with Gasteiger partial charge in [-0.1, -0.05) is 18.2 Å². The van der Waals surface area contributed by atoms with E-state index in [-0.39, 0.29) is 5.91 Å². The number of para-hydroxylation sites is 1. The van der Waals surface area contributed by atoms with Crippen molar-refractivity contribution in [2.24, 2.45) is 0 Å². The van der Waals surface area contributed by atoms with Gasteiger partial charge in [0.25, 0.3) is 5.24 Å². The molecule has 2 aliphatic rings. The zero-order valence-electron chi connectivity index (χ0n) is 8.98. The van der Waals surface area contributed by atoms with Crippen LogP contribution in [0.15, 0.2) is 24.3 Å². The van der Waals surface area contributed by atoms with Crippen LogP contribution in [0.4, 0.5) is 10.5 Å². The van der Waals surface area contributed by atoms with Crippen molar-refractivity contribution in [1.82, 2.24) is 5.32 Å². The minimum Gasteiger partial charge on any atom is -0.365 e. The second-order valence-corrected chi connectivity index (χ2v) is 5.65. The molecule has 17 heavy (non-hydrogen) atoms. The number of carbonyl (C=O) groups excluding carboxylic acids is 2. The van der Waals surface area contributed by atoms with Crippen LogP contribution < -0.4 is 10.6 Å². The summed E-state index contributed by atoms with van der Waals surface area (Å²) in [6.45, 7) is 1.56. The summed E-state index contributed by atoms with van der Waals surface area (Å²) < 4.78 is -1.24. The number of nitrogens with one attached hydrogen (secondary N) is 2. The van der Waals surface area contributed by atoms with Gasteiger partial charge in [0.05, 0.1) is 0 Å². The van der Waals surface area contributed by atoms with Crippen LogP contribution in [0.5, 0.6) is 0 Å². The third-order valence-corrected chi connectivity index (χ3v) is 4.45. The monoisotopic (exact) mass is 250 g/mol. The first-order valence-electron chi connectivity index (χ1n) is 5.12. The molecule has 0 spiro atoms. The van der Waals surface area contributed by atoms with Crippen LogP contribution in [0.1, 0.15) is 12.5 Å². The standard InChI is InChI=1S/C11H10N2O3S/c1-10-8(14)12-7-5-3-2-4-6(7)11(10,16)13-9(15)17-10/h2-5,16H,1H3,(H,12,14)(H,13,15). The van der Waals surface area contributed by atoms with Crippen molar-refractivity contribution in [1.29, 1.82) is 0 Å². The van der Waals surface area contributed by atoms with E-state index in [0.717, 1.165) is 11.8 Å². The second kappa shape index (κ2) is 3.02. The summed E-state index contributed by atoms with van der Waals surface area (Å²) in [6, 6.07) is 6.90. The largest absolute Gasteiger partial charge is 0.365 e. The molecular weight excluding hydrogens is 240 g/mol. The Morgan fingerprint density at radius 3 is 2.76 bits per heavy atom. The van der Waals surface area contributed by atoms with E-state index in [1.165, 1.54) is 0 Å². The van der Waals surface area contributed by atoms with Gasteiger partial charge in [0.1, 0.15) is 0 Å². The van der Waals surface area contributed by atoms with E-state index in [1.807, 2.05) is 0 Å². The summed E-state index contributed by atoms with van der Waals surface area (Å²) in [4.78, 5) is 23.5. The van der Waals surface area contributed by atoms with Crippen LogP contribution in [-0.2, 0) is 10.5 Å². The Balaban J connectivity index is 2.28. The first-order chi connectivity index (χ1) is 7.97. The Kier molecular flexibility index (Phi) is 1.89. The minimum absolute atomic E-state index is 0.373. The topological polar surface area (TPSA) is 78.4 Å². The van der Waals surface area contributed by atoms with Crippen molar-refractivity contribution < 1.29 is 14.7 Å². The Bertz CT molecular complexity index is 547. The number of anilines is 1. The SMILES string of the molecule is CC12SC(=O)NC1(O)c1ccccc1NC2=O. The molecule has 0 aliphatic carbocycles. The van der Waals surface area contributed by atoms with Gasteiger partial charge < -0.3 is 15.7 Å². The van der Waals surface area contributed by atoms with Crippen LogP contribution in [0.25, 0.3) is 0 Å². The fourth-order valence-electron chi connectivity index (χ4n) is 2.24. The number of hydrogen-bond donors (Lipinski definition) is 3. The van der Waals surface area contributed by atoms with E-state index in [1.54, 1.807) is 31.2 Å². The van der Waals surface area contributed by atoms with Crippen LogP contribution in [0.3, 0.4) is 0 Å². The fraction of sp³-hybridized carbons (Fsp3) is 0.273. The molecule has 0 radical (unpaired) electrons. The lowest BCUT2D eigenvalue weighted by Gasteiger charge is -2.41. The lowest BCUT2D eigenvalue weighted by atomic mass is 9.84. The van der Waals surface area contributed by atoms with E-state index in [9.17, 15) is 14.7 Å². The van der Waals surface area contributed by atoms with Gasteiger partial charge in [-0.3, -0.25) is 9.59 Å². The van der Waals surface area contributed by atoms with Gasteiger partial charge in [-0.05, 0) is 24.8 Å². The maximum atomic E-state index is 12.0. The molecular formula is C11H10N2O3S. The molecule has 3 N–H and O–H groups in total.